The number of alkyl halides is 1. The van der Waals surface area contributed by atoms with Crippen molar-refractivity contribution in [2.75, 3.05) is 0 Å². The Balaban J connectivity index is 3.42. The summed E-state index contributed by atoms with van der Waals surface area (Å²) in [6.07, 6.45) is 14.6. The number of hydrogen-bond acceptors (Lipinski definition) is 1. The Bertz CT molecular complexity index is 206. The molecule has 0 radical (unpaired) electrons. The molecule has 19 heavy (non-hydrogen) atoms. The maximum absolute atomic E-state index is 5.99. The van der Waals surface area contributed by atoms with E-state index < -0.39 is 0 Å². The van der Waals surface area contributed by atoms with Crippen LogP contribution in [-0.4, -0.2) is 9.86 Å². The molecule has 0 rings (SSSR count). The molecule has 2 N–H and O–H groups in total. The first-order valence-electron chi connectivity index (χ1n) is 8.25. The number of hydrogen-bond donors (Lipinski definition) is 1. The standard InChI is InChI=1S/C17H36BrN/c1-5-6-10-14-17(4,18)15-12-9-7-8-11-13-16(2,3)19/h5-15,19H2,1-4H3. The van der Waals surface area contributed by atoms with Gasteiger partial charge in [-0.25, -0.2) is 0 Å². The van der Waals surface area contributed by atoms with E-state index in [4.69, 9.17) is 5.73 Å². The molecule has 0 saturated carbocycles. The van der Waals surface area contributed by atoms with Gasteiger partial charge < -0.3 is 5.73 Å². The molecule has 1 nitrogen and oxygen atoms in total. The first-order valence-corrected chi connectivity index (χ1v) is 9.04. The van der Waals surface area contributed by atoms with Gasteiger partial charge in [0.2, 0.25) is 0 Å². The van der Waals surface area contributed by atoms with Gasteiger partial charge >= 0.3 is 0 Å². The van der Waals surface area contributed by atoms with Crippen LogP contribution in [0.3, 0.4) is 0 Å². The van der Waals surface area contributed by atoms with Gasteiger partial charge in [-0.05, 0) is 40.0 Å². The quantitative estimate of drug-likeness (QED) is 0.334. The predicted molar refractivity (Wildman–Crippen MR) is 92.1 cm³/mol. The van der Waals surface area contributed by atoms with Crippen LogP contribution >= 0.6 is 15.9 Å². The maximum atomic E-state index is 5.99. The van der Waals surface area contributed by atoms with Crippen molar-refractivity contribution in [2.24, 2.45) is 5.73 Å². The van der Waals surface area contributed by atoms with E-state index >= 15 is 0 Å². The highest BCUT2D eigenvalue weighted by Gasteiger charge is 2.18. The molecule has 0 aliphatic heterocycles. The van der Waals surface area contributed by atoms with Crippen LogP contribution in [-0.2, 0) is 0 Å². The predicted octanol–water partition coefficient (Wildman–Crippen LogP) is 6.19. The Morgan fingerprint density at radius 1 is 0.737 bits per heavy atom. The molecule has 0 heterocycles. The highest BCUT2D eigenvalue weighted by Crippen LogP contribution is 2.30. The topological polar surface area (TPSA) is 26.0 Å². The molecule has 0 aliphatic rings. The van der Waals surface area contributed by atoms with Crippen molar-refractivity contribution in [3.05, 3.63) is 0 Å². The number of halogens is 1. The highest BCUT2D eigenvalue weighted by molar-refractivity contribution is 9.10. The Labute approximate surface area is 130 Å². The number of rotatable bonds is 12. The Morgan fingerprint density at radius 2 is 1.16 bits per heavy atom. The third-order valence-electron chi connectivity index (χ3n) is 3.82. The van der Waals surface area contributed by atoms with Crippen molar-refractivity contribution < 1.29 is 0 Å². The molecule has 0 aromatic heterocycles. The Hall–Kier alpha value is 0.440. The van der Waals surface area contributed by atoms with Crippen LogP contribution in [0.2, 0.25) is 0 Å². The third kappa shape index (κ3) is 14.7. The van der Waals surface area contributed by atoms with E-state index in [0.29, 0.717) is 4.32 Å². The molecule has 0 spiro atoms. The van der Waals surface area contributed by atoms with Crippen molar-refractivity contribution in [3.8, 4) is 0 Å². The summed E-state index contributed by atoms with van der Waals surface area (Å²) in [5, 5.41) is 0. The summed E-state index contributed by atoms with van der Waals surface area (Å²) in [5.41, 5.74) is 6.01. The summed E-state index contributed by atoms with van der Waals surface area (Å²) in [7, 11) is 0. The molecular formula is C17H36BrN. The zero-order valence-corrected chi connectivity index (χ0v) is 15.3. The molecule has 0 saturated heterocycles. The fraction of sp³-hybridized carbons (Fsp3) is 1.00. The monoisotopic (exact) mass is 333 g/mol. The lowest BCUT2D eigenvalue weighted by atomic mass is 9.95. The fourth-order valence-electron chi connectivity index (χ4n) is 2.47. The molecule has 2 heteroatoms. The lowest BCUT2D eigenvalue weighted by molar-refractivity contribution is 0.435. The molecule has 0 aliphatic carbocycles. The number of nitrogens with two attached hydrogens (primary N) is 1. The lowest BCUT2D eigenvalue weighted by Gasteiger charge is -2.22. The van der Waals surface area contributed by atoms with Gasteiger partial charge in [-0.15, -0.1) is 0 Å². The van der Waals surface area contributed by atoms with E-state index in [1.165, 1.54) is 64.2 Å². The summed E-state index contributed by atoms with van der Waals surface area (Å²) >= 11 is 3.90. The van der Waals surface area contributed by atoms with Crippen molar-refractivity contribution in [1.29, 1.82) is 0 Å². The van der Waals surface area contributed by atoms with E-state index in [2.05, 4.69) is 43.6 Å². The van der Waals surface area contributed by atoms with Crippen molar-refractivity contribution >= 4 is 15.9 Å². The first kappa shape index (κ1) is 19.4. The normalized spacial score (nSPS) is 15.5. The molecule has 1 atom stereocenters. The van der Waals surface area contributed by atoms with Gasteiger partial charge in [0, 0.05) is 9.86 Å². The van der Waals surface area contributed by atoms with Gasteiger partial charge in [0.05, 0.1) is 0 Å². The van der Waals surface area contributed by atoms with Gasteiger partial charge in [-0.3, -0.25) is 0 Å². The zero-order chi connectivity index (χ0) is 14.8. The SMILES string of the molecule is CCCCCC(C)(Br)CCCCCCCC(C)(C)N. The smallest absolute Gasteiger partial charge is 0.0229 e. The minimum Gasteiger partial charge on any atom is -0.326 e. The summed E-state index contributed by atoms with van der Waals surface area (Å²) in [6, 6.07) is 0. The van der Waals surface area contributed by atoms with E-state index in [0.717, 1.165) is 6.42 Å². The minimum absolute atomic E-state index is 0.0215. The Morgan fingerprint density at radius 3 is 1.63 bits per heavy atom. The molecule has 116 valence electrons. The van der Waals surface area contributed by atoms with Crippen molar-refractivity contribution in [1.82, 2.24) is 0 Å². The fourth-order valence-corrected chi connectivity index (χ4v) is 3.03. The van der Waals surface area contributed by atoms with Crippen LogP contribution in [0.15, 0.2) is 0 Å². The summed E-state index contributed by atoms with van der Waals surface area (Å²) in [5.74, 6) is 0. The molecule has 0 bridgehead atoms. The molecule has 0 aromatic carbocycles. The van der Waals surface area contributed by atoms with Crippen LogP contribution in [0.5, 0.6) is 0 Å². The average molecular weight is 334 g/mol. The molecule has 0 aromatic rings. The van der Waals surface area contributed by atoms with E-state index in [1.54, 1.807) is 0 Å². The van der Waals surface area contributed by atoms with E-state index in [1.807, 2.05) is 0 Å². The summed E-state index contributed by atoms with van der Waals surface area (Å²) in [4.78, 5) is 0. The van der Waals surface area contributed by atoms with Crippen molar-refractivity contribution in [2.45, 2.75) is 108 Å². The first-order chi connectivity index (χ1) is 8.77. The van der Waals surface area contributed by atoms with E-state index in [-0.39, 0.29) is 5.54 Å². The molecule has 1 unspecified atom stereocenters. The lowest BCUT2D eigenvalue weighted by Crippen LogP contribution is -2.31. The van der Waals surface area contributed by atoms with Crippen LogP contribution in [0, 0.1) is 0 Å². The van der Waals surface area contributed by atoms with Gasteiger partial charge in [-0.2, -0.15) is 0 Å². The van der Waals surface area contributed by atoms with Gasteiger partial charge in [-0.1, -0.05) is 74.2 Å². The second kappa shape index (κ2) is 10.2. The molecule has 0 amide bonds. The molecule has 0 fully saturated rings. The molecular weight excluding hydrogens is 298 g/mol. The third-order valence-corrected chi connectivity index (χ3v) is 4.61. The van der Waals surface area contributed by atoms with Gasteiger partial charge in [0.25, 0.3) is 0 Å². The zero-order valence-electron chi connectivity index (χ0n) is 13.7. The van der Waals surface area contributed by atoms with Crippen LogP contribution < -0.4 is 5.73 Å². The maximum Gasteiger partial charge on any atom is 0.0229 e. The minimum atomic E-state index is 0.0215. The second-order valence-corrected chi connectivity index (χ2v) is 9.04. The largest absolute Gasteiger partial charge is 0.326 e. The summed E-state index contributed by atoms with van der Waals surface area (Å²) in [6.45, 7) is 8.88. The van der Waals surface area contributed by atoms with Gasteiger partial charge in [0.1, 0.15) is 0 Å². The number of unbranched alkanes of at least 4 members (excludes halogenated alkanes) is 6. The van der Waals surface area contributed by atoms with Crippen LogP contribution in [0.25, 0.3) is 0 Å². The van der Waals surface area contributed by atoms with E-state index in [9.17, 15) is 0 Å². The second-order valence-electron chi connectivity index (χ2n) is 7.13. The average Bonchev–Trinajstić information content (AvgIpc) is 2.26. The highest BCUT2D eigenvalue weighted by atomic mass is 79.9. The van der Waals surface area contributed by atoms with Crippen LogP contribution in [0.4, 0.5) is 0 Å². The van der Waals surface area contributed by atoms with Crippen LogP contribution in [0.1, 0.15) is 98.3 Å². The van der Waals surface area contributed by atoms with Crippen molar-refractivity contribution in [3.63, 3.8) is 0 Å². The summed E-state index contributed by atoms with van der Waals surface area (Å²) < 4.78 is 0.376. The van der Waals surface area contributed by atoms with Gasteiger partial charge in [0.15, 0.2) is 0 Å². The Kier molecular flexibility index (Phi) is 10.4.